The second-order valence-corrected chi connectivity index (χ2v) is 2.01. The van der Waals surface area contributed by atoms with Crippen molar-refractivity contribution < 1.29 is 29.6 Å². The van der Waals surface area contributed by atoms with E-state index >= 15 is 0 Å². The van der Waals surface area contributed by atoms with Crippen molar-refractivity contribution in [3.8, 4) is 0 Å². The Bertz CT molecular complexity index is 161. The van der Waals surface area contributed by atoms with Gasteiger partial charge >= 0.3 is 29.6 Å². The van der Waals surface area contributed by atoms with Crippen molar-refractivity contribution >= 4 is 0 Å². The smallest absolute Gasteiger partial charge is 0.184 e. The SMILES string of the molecule is Cc1c[c-]ccc1C.[Na+]. The Labute approximate surface area is 78.6 Å². The molecular formula is C8H9Na. The number of hydrogen-bond donors (Lipinski definition) is 0. The average Bonchev–Trinajstić information content (AvgIpc) is 1.77. The number of aryl methyl sites for hydroxylation is 2. The van der Waals surface area contributed by atoms with Crippen molar-refractivity contribution in [3.05, 3.63) is 35.4 Å². The maximum absolute atomic E-state index is 3.00. The summed E-state index contributed by atoms with van der Waals surface area (Å²) in [4.78, 5) is 0. The zero-order chi connectivity index (χ0) is 5.98. The molecule has 0 aromatic heterocycles. The van der Waals surface area contributed by atoms with Gasteiger partial charge in [0.15, 0.2) is 0 Å². The van der Waals surface area contributed by atoms with E-state index in [9.17, 15) is 0 Å². The van der Waals surface area contributed by atoms with Crippen LogP contribution >= 0.6 is 0 Å². The molecule has 1 aromatic rings. The molecule has 9 heavy (non-hydrogen) atoms. The molecule has 1 aromatic carbocycles. The topological polar surface area (TPSA) is 0 Å². The zero-order valence-corrected chi connectivity index (χ0v) is 8.23. The fourth-order valence-electron chi connectivity index (χ4n) is 0.592. The van der Waals surface area contributed by atoms with Gasteiger partial charge in [-0.15, -0.1) is 0 Å². The third kappa shape index (κ3) is 2.53. The van der Waals surface area contributed by atoms with E-state index in [4.69, 9.17) is 0 Å². The maximum Gasteiger partial charge on any atom is 1.00 e. The Morgan fingerprint density at radius 1 is 1.22 bits per heavy atom. The Morgan fingerprint density at radius 3 is 2.22 bits per heavy atom. The van der Waals surface area contributed by atoms with Gasteiger partial charge in [-0.25, -0.2) is 0 Å². The summed E-state index contributed by atoms with van der Waals surface area (Å²) in [6, 6.07) is 8.99. The first kappa shape index (κ1) is 9.22. The van der Waals surface area contributed by atoms with Gasteiger partial charge in [0, 0.05) is 0 Å². The first-order valence-corrected chi connectivity index (χ1v) is 2.74. The van der Waals surface area contributed by atoms with Crippen LogP contribution in [0.4, 0.5) is 0 Å². The van der Waals surface area contributed by atoms with Gasteiger partial charge in [0.2, 0.25) is 0 Å². The van der Waals surface area contributed by atoms with Crippen LogP contribution in [0.3, 0.4) is 0 Å². The van der Waals surface area contributed by atoms with Gasteiger partial charge < -0.3 is 0 Å². The van der Waals surface area contributed by atoms with Gasteiger partial charge in [0.25, 0.3) is 0 Å². The summed E-state index contributed by atoms with van der Waals surface area (Å²) >= 11 is 0. The van der Waals surface area contributed by atoms with E-state index in [2.05, 4.69) is 26.0 Å². The normalized spacial score (nSPS) is 8.22. The van der Waals surface area contributed by atoms with Crippen molar-refractivity contribution in [2.24, 2.45) is 0 Å². The van der Waals surface area contributed by atoms with Crippen LogP contribution in [0.2, 0.25) is 0 Å². The van der Waals surface area contributed by atoms with Crippen molar-refractivity contribution in [2.45, 2.75) is 13.8 Å². The molecule has 42 valence electrons. The predicted molar refractivity (Wildman–Crippen MR) is 34.8 cm³/mol. The molecule has 0 saturated heterocycles. The van der Waals surface area contributed by atoms with Crippen LogP contribution in [-0.4, -0.2) is 0 Å². The fraction of sp³-hybridized carbons (Fsp3) is 0.250. The third-order valence-electron chi connectivity index (χ3n) is 1.35. The van der Waals surface area contributed by atoms with Gasteiger partial charge in [-0.1, -0.05) is 13.8 Å². The first-order valence-electron chi connectivity index (χ1n) is 2.74. The Kier molecular flexibility index (Phi) is 4.20. The fourth-order valence-corrected chi connectivity index (χ4v) is 0.592. The predicted octanol–water partition coefficient (Wildman–Crippen LogP) is -0.892. The molecule has 0 aliphatic heterocycles. The van der Waals surface area contributed by atoms with Crippen LogP contribution in [0.1, 0.15) is 11.1 Å². The number of rotatable bonds is 0. The van der Waals surface area contributed by atoms with Crippen molar-refractivity contribution in [2.75, 3.05) is 0 Å². The standard InChI is InChI=1S/C8H9.Na/c1-7-5-3-4-6-8(7)2;/h3,5-6H,1-2H3;/q-1;+1. The minimum absolute atomic E-state index is 0. The average molecular weight is 128 g/mol. The van der Waals surface area contributed by atoms with E-state index < -0.39 is 0 Å². The van der Waals surface area contributed by atoms with E-state index in [0.717, 1.165) is 0 Å². The molecule has 0 saturated carbocycles. The summed E-state index contributed by atoms with van der Waals surface area (Å²) in [6.07, 6.45) is 0. The largest absolute Gasteiger partial charge is 1.00 e. The maximum atomic E-state index is 3.00. The second kappa shape index (κ2) is 4.10. The molecule has 0 bridgehead atoms. The van der Waals surface area contributed by atoms with E-state index in [0.29, 0.717) is 0 Å². The molecular weight excluding hydrogens is 119 g/mol. The van der Waals surface area contributed by atoms with Crippen LogP contribution in [0.15, 0.2) is 18.2 Å². The van der Waals surface area contributed by atoms with Crippen LogP contribution < -0.4 is 29.6 Å². The van der Waals surface area contributed by atoms with Gasteiger partial charge in [-0.3, -0.25) is 0 Å². The minimum Gasteiger partial charge on any atom is -0.184 e. The van der Waals surface area contributed by atoms with Crippen LogP contribution in [0.5, 0.6) is 0 Å². The molecule has 0 aliphatic rings. The molecule has 0 spiro atoms. The van der Waals surface area contributed by atoms with E-state index in [1.165, 1.54) is 11.1 Å². The van der Waals surface area contributed by atoms with Crippen LogP contribution in [0.25, 0.3) is 0 Å². The summed E-state index contributed by atoms with van der Waals surface area (Å²) in [6.45, 7) is 4.19. The van der Waals surface area contributed by atoms with Gasteiger partial charge in [-0.05, 0) is 0 Å². The summed E-state index contributed by atoms with van der Waals surface area (Å²) in [5.41, 5.74) is 2.65. The number of benzene rings is 1. The van der Waals surface area contributed by atoms with Gasteiger partial charge in [0.05, 0.1) is 0 Å². The Hall–Kier alpha value is 0.220. The zero-order valence-electron chi connectivity index (χ0n) is 6.23. The van der Waals surface area contributed by atoms with E-state index in [1.54, 1.807) is 0 Å². The first-order chi connectivity index (χ1) is 3.80. The molecule has 0 nitrogen and oxygen atoms in total. The molecule has 1 heteroatoms. The summed E-state index contributed by atoms with van der Waals surface area (Å²) < 4.78 is 0. The molecule has 0 unspecified atom stereocenters. The molecule has 0 aliphatic carbocycles. The van der Waals surface area contributed by atoms with Gasteiger partial charge in [0.1, 0.15) is 0 Å². The van der Waals surface area contributed by atoms with E-state index in [-0.39, 0.29) is 29.6 Å². The van der Waals surface area contributed by atoms with Crippen LogP contribution in [-0.2, 0) is 0 Å². The molecule has 0 radical (unpaired) electrons. The van der Waals surface area contributed by atoms with Crippen molar-refractivity contribution in [3.63, 3.8) is 0 Å². The monoisotopic (exact) mass is 128 g/mol. The summed E-state index contributed by atoms with van der Waals surface area (Å²) in [5.74, 6) is 0. The molecule has 0 fully saturated rings. The van der Waals surface area contributed by atoms with E-state index in [1.807, 2.05) is 12.1 Å². The molecule has 0 amide bonds. The minimum atomic E-state index is 0. The molecule has 1 rings (SSSR count). The summed E-state index contributed by atoms with van der Waals surface area (Å²) in [5, 5.41) is 0. The number of hydrogen-bond acceptors (Lipinski definition) is 0. The quantitative estimate of drug-likeness (QED) is 0.314. The Morgan fingerprint density at radius 2 is 1.89 bits per heavy atom. The molecule has 0 N–H and O–H groups in total. The molecule has 0 heterocycles. The van der Waals surface area contributed by atoms with Crippen molar-refractivity contribution in [1.82, 2.24) is 0 Å². The third-order valence-corrected chi connectivity index (χ3v) is 1.35. The van der Waals surface area contributed by atoms with Gasteiger partial charge in [-0.2, -0.15) is 35.4 Å². The second-order valence-electron chi connectivity index (χ2n) is 2.01. The molecule has 0 atom stereocenters. The van der Waals surface area contributed by atoms with Crippen LogP contribution in [0, 0.1) is 19.9 Å². The summed E-state index contributed by atoms with van der Waals surface area (Å²) in [7, 11) is 0. The van der Waals surface area contributed by atoms with Crippen molar-refractivity contribution in [1.29, 1.82) is 0 Å². The Balaban J connectivity index is 0.000000640.